The standard InChI is InChI=1S/C43H61ClN6O8Si2/c1-10-53-43(20-22-49(23-21-43)33-18-16-32(44)17-19-33)56-38-37-34(25-54-59(27(2)3,28(4)5)58-60(57-37,29(6)7)30(8)9)55-41(38)50-26-45-36-39(50)47-42(48-40(36)52)46-35(51)24-31-14-12-11-13-15-31/h11-19,26-30,34,37-38,41H,10,20-25H2,1-9H3,(H2,46,47,48,51,52)/t34-,37-,38-,41-/m1/s1. The number of piperidine rings is 1. The number of aromatic nitrogens is 4. The summed E-state index contributed by atoms with van der Waals surface area (Å²) in [5.74, 6) is -1.33. The lowest BCUT2D eigenvalue weighted by Gasteiger charge is -2.52. The average Bonchev–Trinajstić information content (AvgIpc) is 3.76. The van der Waals surface area contributed by atoms with Gasteiger partial charge in [0.25, 0.3) is 5.56 Å². The van der Waals surface area contributed by atoms with E-state index in [2.05, 4.69) is 75.6 Å². The van der Waals surface area contributed by atoms with Crippen molar-refractivity contribution in [2.24, 2.45) is 0 Å². The van der Waals surface area contributed by atoms with Gasteiger partial charge in [0.15, 0.2) is 23.2 Å². The van der Waals surface area contributed by atoms with E-state index >= 15 is 0 Å². The molecule has 4 aromatic rings. The van der Waals surface area contributed by atoms with Crippen LogP contribution in [0.4, 0.5) is 11.6 Å². The van der Waals surface area contributed by atoms with E-state index < -0.39 is 53.0 Å². The summed E-state index contributed by atoms with van der Waals surface area (Å²) in [6.45, 7) is 21.5. The highest BCUT2D eigenvalue weighted by Crippen LogP contribution is 2.50. The number of hydrogen-bond donors (Lipinski definition) is 2. The van der Waals surface area contributed by atoms with Gasteiger partial charge in [-0.3, -0.25) is 24.5 Å². The molecule has 17 heteroatoms. The Morgan fingerprint density at radius 2 is 1.62 bits per heavy atom. The molecule has 0 aliphatic carbocycles. The van der Waals surface area contributed by atoms with Crippen LogP contribution >= 0.6 is 11.6 Å². The summed E-state index contributed by atoms with van der Waals surface area (Å²) in [5.41, 5.74) is 2.13. The molecule has 1 amide bonds. The molecule has 0 bridgehead atoms. The second kappa shape index (κ2) is 18.1. The molecule has 0 radical (unpaired) electrons. The van der Waals surface area contributed by atoms with Crippen LogP contribution in [0.5, 0.6) is 0 Å². The van der Waals surface area contributed by atoms with Gasteiger partial charge in [-0.1, -0.05) is 97.3 Å². The Labute approximate surface area is 360 Å². The first-order chi connectivity index (χ1) is 28.6. The third-order valence-corrected chi connectivity index (χ3v) is 22.8. The van der Waals surface area contributed by atoms with Crippen LogP contribution in [0.1, 0.15) is 86.9 Å². The molecule has 2 aromatic heterocycles. The molecule has 3 fully saturated rings. The molecule has 326 valence electrons. The molecule has 3 aliphatic heterocycles. The topological polar surface area (TPSA) is 151 Å². The quantitative estimate of drug-likeness (QED) is 0.0988. The second-order valence-corrected chi connectivity index (χ2v) is 26.7. The van der Waals surface area contributed by atoms with Crippen LogP contribution in [0, 0.1) is 0 Å². The number of halogens is 1. The molecular formula is C43H61ClN6O8Si2. The van der Waals surface area contributed by atoms with Crippen molar-refractivity contribution in [3.8, 4) is 0 Å². The van der Waals surface area contributed by atoms with Gasteiger partial charge >= 0.3 is 17.1 Å². The minimum absolute atomic E-state index is 0.000643. The summed E-state index contributed by atoms with van der Waals surface area (Å²) >= 11 is 6.23. The Kier molecular flexibility index (Phi) is 13.5. The zero-order chi connectivity index (χ0) is 43.0. The fourth-order valence-electron chi connectivity index (χ4n) is 9.17. The van der Waals surface area contributed by atoms with Crippen LogP contribution in [-0.2, 0) is 38.4 Å². The number of aromatic amines is 1. The number of carbonyl (C=O) groups excluding carboxylic acids is 1. The highest BCUT2D eigenvalue weighted by atomic mass is 35.5. The van der Waals surface area contributed by atoms with Crippen LogP contribution in [0.25, 0.3) is 11.2 Å². The second-order valence-electron chi connectivity index (χ2n) is 17.5. The third kappa shape index (κ3) is 8.77. The maximum atomic E-state index is 13.6. The first-order valence-electron chi connectivity index (χ1n) is 21.4. The SMILES string of the molecule is CCOC1(O[C@@H]2[C@@H]3O[Si](C(C)C)(C(C)C)O[Si](C(C)C)(C(C)C)OC[C@H]3O[C@H]2n2cnc3c(=O)[nH]c(NC(=O)Cc4ccccc4)nc32)CCN(c2ccc(Cl)cc2)CC1. The molecule has 0 spiro atoms. The van der Waals surface area contributed by atoms with E-state index in [0.29, 0.717) is 37.6 Å². The number of nitrogens with one attached hydrogen (secondary N) is 2. The van der Waals surface area contributed by atoms with E-state index in [-0.39, 0.29) is 58.2 Å². The number of benzene rings is 2. The van der Waals surface area contributed by atoms with Crippen molar-refractivity contribution in [3.05, 3.63) is 81.9 Å². The Morgan fingerprint density at radius 3 is 2.23 bits per heavy atom. The number of anilines is 2. The third-order valence-electron chi connectivity index (χ3n) is 12.3. The molecule has 14 nitrogen and oxygen atoms in total. The number of ether oxygens (including phenoxy) is 3. The van der Waals surface area contributed by atoms with Gasteiger partial charge in [0.2, 0.25) is 11.9 Å². The molecule has 5 heterocycles. The summed E-state index contributed by atoms with van der Waals surface area (Å²) in [6.07, 6.45) is -0.0918. The predicted octanol–water partition coefficient (Wildman–Crippen LogP) is 8.23. The molecule has 7 rings (SSSR count). The monoisotopic (exact) mass is 880 g/mol. The lowest BCUT2D eigenvalue weighted by atomic mass is 10.0. The molecule has 0 saturated carbocycles. The molecule has 3 saturated heterocycles. The van der Waals surface area contributed by atoms with Crippen LogP contribution in [0.15, 0.2) is 65.7 Å². The van der Waals surface area contributed by atoms with E-state index in [4.69, 9.17) is 43.8 Å². The molecule has 2 aromatic carbocycles. The number of fused-ring (bicyclic) bond motifs is 2. The van der Waals surface area contributed by atoms with Crippen molar-refractivity contribution in [3.63, 3.8) is 0 Å². The highest BCUT2D eigenvalue weighted by Gasteiger charge is 2.63. The van der Waals surface area contributed by atoms with Gasteiger partial charge in [0.1, 0.15) is 18.3 Å². The Balaban J connectivity index is 1.30. The van der Waals surface area contributed by atoms with Gasteiger partial charge < -0.3 is 32.1 Å². The highest BCUT2D eigenvalue weighted by molar-refractivity contribution is 6.84. The van der Waals surface area contributed by atoms with Gasteiger partial charge in [-0.2, -0.15) is 4.98 Å². The minimum atomic E-state index is -3.14. The zero-order valence-electron chi connectivity index (χ0n) is 36.3. The molecule has 60 heavy (non-hydrogen) atoms. The van der Waals surface area contributed by atoms with Crippen LogP contribution in [0.3, 0.4) is 0 Å². The molecular weight excluding hydrogens is 820 g/mol. The first kappa shape index (κ1) is 44.6. The zero-order valence-corrected chi connectivity index (χ0v) is 39.0. The van der Waals surface area contributed by atoms with E-state index in [1.165, 1.54) is 0 Å². The van der Waals surface area contributed by atoms with Gasteiger partial charge in [-0.25, -0.2) is 4.98 Å². The average molecular weight is 882 g/mol. The number of imidazole rings is 1. The summed E-state index contributed by atoms with van der Waals surface area (Å²) in [4.78, 5) is 41.0. The molecule has 3 aliphatic rings. The Bertz CT molecular complexity index is 2130. The number of H-pyrrole nitrogens is 1. The molecule has 4 atom stereocenters. The van der Waals surface area contributed by atoms with Gasteiger partial charge in [-0.05, 0) is 58.9 Å². The fraction of sp³-hybridized carbons (Fsp3) is 0.581. The lowest BCUT2D eigenvalue weighted by molar-refractivity contribution is -0.284. The summed E-state index contributed by atoms with van der Waals surface area (Å²) in [6, 6.07) is 17.2. The maximum absolute atomic E-state index is 13.6. The van der Waals surface area contributed by atoms with Crippen LogP contribution in [-0.4, -0.2) is 93.0 Å². The van der Waals surface area contributed by atoms with E-state index in [1.807, 2.05) is 61.5 Å². The van der Waals surface area contributed by atoms with Crippen LogP contribution in [0.2, 0.25) is 27.2 Å². The summed E-state index contributed by atoms with van der Waals surface area (Å²) in [5, 5.41) is 3.47. The van der Waals surface area contributed by atoms with E-state index in [1.54, 1.807) is 10.9 Å². The van der Waals surface area contributed by atoms with Crippen molar-refractivity contribution in [1.29, 1.82) is 0 Å². The van der Waals surface area contributed by atoms with Crippen molar-refractivity contribution >= 4 is 57.4 Å². The van der Waals surface area contributed by atoms with Gasteiger partial charge in [-0.15, -0.1) is 0 Å². The largest absolute Gasteiger partial charge is 0.414 e. The maximum Gasteiger partial charge on any atom is 0.335 e. The number of hydrogen-bond acceptors (Lipinski definition) is 11. The van der Waals surface area contributed by atoms with Crippen LogP contribution < -0.4 is 15.8 Å². The number of amides is 1. The smallest absolute Gasteiger partial charge is 0.335 e. The summed E-state index contributed by atoms with van der Waals surface area (Å²) < 4.78 is 45.2. The fourth-order valence-corrected chi connectivity index (χ4v) is 20.5. The number of nitrogens with zero attached hydrogens (tertiary/aromatic N) is 4. The lowest BCUT2D eigenvalue weighted by Crippen LogP contribution is -2.66. The predicted molar refractivity (Wildman–Crippen MR) is 237 cm³/mol. The van der Waals surface area contributed by atoms with E-state index in [9.17, 15) is 9.59 Å². The van der Waals surface area contributed by atoms with Gasteiger partial charge in [0.05, 0.1) is 19.4 Å². The molecule has 0 unspecified atom stereocenters. The van der Waals surface area contributed by atoms with Crippen molar-refractivity contribution in [2.75, 3.05) is 36.5 Å². The number of carbonyl (C=O) groups is 1. The normalized spacial score (nSPS) is 23.9. The molecule has 2 N–H and O–H groups in total. The number of rotatable bonds is 13. The van der Waals surface area contributed by atoms with Crippen molar-refractivity contribution < 1.29 is 32.0 Å². The Hall–Kier alpha value is -3.46. The van der Waals surface area contributed by atoms with Crippen molar-refractivity contribution in [2.45, 2.75) is 134 Å². The van der Waals surface area contributed by atoms with Gasteiger partial charge in [0, 0.05) is 43.2 Å². The van der Waals surface area contributed by atoms with Crippen molar-refractivity contribution in [1.82, 2.24) is 19.5 Å². The van der Waals surface area contributed by atoms with E-state index in [0.717, 1.165) is 11.3 Å². The summed E-state index contributed by atoms with van der Waals surface area (Å²) in [7, 11) is -6.05. The first-order valence-corrected chi connectivity index (χ1v) is 25.7. The Morgan fingerprint density at radius 1 is 0.967 bits per heavy atom. The minimum Gasteiger partial charge on any atom is -0.414 e.